The summed E-state index contributed by atoms with van der Waals surface area (Å²) < 4.78 is 0. The Morgan fingerprint density at radius 2 is 2.06 bits per heavy atom. The third-order valence-corrected chi connectivity index (χ3v) is 4.07. The van der Waals surface area contributed by atoms with Crippen molar-refractivity contribution < 1.29 is 0 Å². The molecule has 1 N–H and O–H groups in total. The van der Waals surface area contributed by atoms with Crippen LogP contribution in [0.15, 0.2) is 40.4 Å². The van der Waals surface area contributed by atoms with Crippen LogP contribution in [0.2, 0.25) is 0 Å². The lowest BCUT2D eigenvalue weighted by atomic mass is 10.1. The molecule has 0 fully saturated rings. The number of benzene rings is 1. The van der Waals surface area contributed by atoms with Crippen LogP contribution in [0.5, 0.6) is 0 Å². The van der Waals surface area contributed by atoms with E-state index >= 15 is 0 Å². The number of hydrogen-bond acceptors (Lipinski definition) is 4. The molecule has 3 nitrogen and oxygen atoms in total. The largest absolute Gasteiger partial charge is 0.357 e. The van der Waals surface area contributed by atoms with Crippen molar-refractivity contribution in [2.24, 2.45) is 0 Å². The number of rotatable bonds is 3. The second-order valence-electron chi connectivity index (χ2n) is 4.35. The van der Waals surface area contributed by atoms with Gasteiger partial charge in [0.2, 0.25) is 5.95 Å². The van der Waals surface area contributed by atoms with E-state index in [1.165, 1.54) is 35.3 Å². The summed E-state index contributed by atoms with van der Waals surface area (Å²) >= 11 is 1.69. The first-order chi connectivity index (χ1) is 8.85. The Labute approximate surface area is 111 Å². The molecule has 1 aliphatic carbocycles. The van der Waals surface area contributed by atoms with Gasteiger partial charge in [0.05, 0.1) is 0 Å². The highest BCUT2D eigenvalue weighted by molar-refractivity contribution is 7.99. The van der Waals surface area contributed by atoms with Gasteiger partial charge in [-0.05, 0) is 48.6 Å². The minimum atomic E-state index is 0.668. The van der Waals surface area contributed by atoms with Crippen molar-refractivity contribution in [3.05, 3.63) is 41.6 Å². The summed E-state index contributed by atoms with van der Waals surface area (Å²) in [6.45, 7) is 0. The highest BCUT2D eigenvalue weighted by atomic mass is 32.2. The summed E-state index contributed by atoms with van der Waals surface area (Å²) in [6, 6.07) is 8.69. The highest BCUT2D eigenvalue weighted by Crippen LogP contribution is 2.31. The fourth-order valence-corrected chi connectivity index (χ4v) is 3.09. The second-order valence-corrected chi connectivity index (χ2v) is 5.45. The first kappa shape index (κ1) is 11.5. The molecule has 0 unspecified atom stereocenters. The zero-order chi connectivity index (χ0) is 12.4. The topological polar surface area (TPSA) is 37.8 Å². The fourth-order valence-electron chi connectivity index (χ4n) is 2.25. The van der Waals surface area contributed by atoms with Gasteiger partial charge in [-0.1, -0.05) is 17.8 Å². The monoisotopic (exact) mass is 257 g/mol. The van der Waals surface area contributed by atoms with E-state index in [1.54, 1.807) is 18.0 Å². The van der Waals surface area contributed by atoms with Crippen LogP contribution in [0.25, 0.3) is 0 Å². The van der Waals surface area contributed by atoms with E-state index in [4.69, 9.17) is 0 Å². The van der Waals surface area contributed by atoms with Crippen molar-refractivity contribution in [2.45, 2.75) is 29.2 Å². The normalized spacial score (nSPS) is 13.4. The van der Waals surface area contributed by atoms with Crippen LogP contribution in [0.3, 0.4) is 0 Å². The minimum absolute atomic E-state index is 0.668. The Balaban J connectivity index is 1.83. The van der Waals surface area contributed by atoms with Crippen molar-refractivity contribution in [3.8, 4) is 0 Å². The van der Waals surface area contributed by atoms with Gasteiger partial charge in [0, 0.05) is 18.1 Å². The highest BCUT2D eigenvalue weighted by Gasteiger charge is 2.11. The third-order valence-electron chi connectivity index (χ3n) is 3.15. The zero-order valence-electron chi connectivity index (χ0n) is 10.3. The Kier molecular flexibility index (Phi) is 3.19. The number of nitrogens with zero attached hydrogens (tertiary/aromatic N) is 2. The second kappa shape index (κ2) is 4.98. The molecule has 3 rings (SSSR count). The van der Waals surface area contributed by atoms with Gasteiger partial charge in [0.15, 0.2) is 0 Å². The fraction of sp³-hybridized carbons (Fsp3) is 0.286. The molecule has 1 heterocycles. The van der Waals surface area contributed by atoms with Crippen LogP contribution in [0, 0.1) is 0 Å². The Hall–Kier alpha value is -1.55. The predicted octanol–water partition coefficient (Wildman–Crippen LogP) is 3.16. The first-order valence-electron chi connectivity index (χ1n) is 6.15. The van der Waals surface area contributed by atoms with Crippen molar-refractivity contribution >= 4 is 17.7 Å². The summed E-state index contributed by atoms with van der Waals surface area (Å²) in [4.78, 5) is 9.80. The molecule has 2 aromatic rings. The van der Waals surface area contributed by atoms with Gasteiger partial charge in [-0.3, -0.25) is 0 Å². The number of nitrogens with one attached hydrogen (secondary N) is 1. The molecule has 1 aromatic heterocycles. The third kappa shape index (κ3) is 2.34. The number of aromatic nitrogens is 2. The van der Waals surface area contributed by atoms with Crippen LogP contribution in [-0.2, 0) is 12.8 Å². The maximum atomic E-state index is 4.42. The molecule has 0 saturated heterocycles. The summed E-state index contributed by atoms with van der Waals surface area (Å²) in [7, 11) is 1.83. The molecule has 0 amide bonds. The molecule has 0 radical (unpaired) electrons. The summed E-state index contributed by atoms with van der Waals surface area (Å²) in [6.07, 6.45) is 5.53. The SMILES string of the molecule is CNc1nccc(Sc2ccc3c(c2)CCC3)n1. The van der Waals surface area contributed by atoms with Crippen LogP contribution >= 0.6 is 11.8 Å². The summed E-state index contributed by atoms with van der Waals surface area (Å²) in [5.41, 5.74) is 3.01. The standard InChI is InChI=1S/C14H15N3S/c1-15-14-16-8-7-13(17-14)18-12-6-5-10-3-2-4-11(10)9-12/h5-9H,2-4H2,1H3,(H,15,16,17). The minimum Gasteiger partial charge on any atom is -0.357 e. The molecular weight excluding hydrogens is 242 g/mol. The first-order valence-corrected chi connectivity index (χ1v) is 6.97. The lowest BCUT2D eigenvalue weighted by molar-refractivity contribution is 0.911. The number of fused-ring (bicyclic) bond motifs is 1. The Bertz CT molecular complexity index is 569. The van der Waals surface area contributed by atoms with E-state index in [1.807, 2.05) is 13.1 Å². The van der Waals surface area contributed by atoms with Gasteiger partial charge >= 0.3 is 0 Å². The molecule has 0 atom stereocenters. The Morgan fingerprint density at radius 1 is 1.17 bits per heavy atom. The van der Waals surface area contributed by atoms with Gasteiger partial charge in [-0.15, -0.1) is 0 Å². The molecule has 18 heavy (non-hydrogen) atoms. The van der Waals surface area contributed by atoms with Crippen LogP contribution in [0.4, 0.5) is 5.95 Å². The number of anilines is 1. The van der Waals surface area contributed by atoms with E-state index in [9.17, 15) is 0 Å². The molecule has 0 spiro atoms. The Morgan fingerprint density at radius 3 is 2.94 bits per heavy atom. The lowest BCUT2D eigenvalue weighted by Gasteiger charge is -2.05. The van der Waals surface area contributed by atoms with Gasteiger partial charge < -0.3 is 5.32 Å². The summed E-state index contributed by atoms with van der Waals surface area (Å²) in [5, 5.41) is 3.94. The molecule has 92 valence electrons. The maximum absolute atomic E-state index is 4.42. The number of hydrogen-bond donors (Lipinski definition) is 1. The van der Waals surface area contributed by atoms with E-state index in [0.29, 0.717) is 5.95 Å². The zero-order valence-corrected chi connectivity index (χ0v) is 11.1. The van der Waals surface area contributed by atoms with E-state index < -0.39 is 0 Å². The predicted molar refractivity (Wildman–Crippen MR) is 74.2 cm³/mol. The van der Waals surface area contributed by atoms with Crippen molar-refractivity contribution in [1.29, 1.82) is 0 Å². The summed E-state index contributed by atoms with van der Waals surface area (Å²) in [5.74, 6) is 0.668. The number of aryl methyl sites for hydroxylation is 2. The van der Waals surface area contributed by atoms with E-state index in [-0.39, 0.29) is 0 Å². The van der Waals surface area contributed by atoms with E-state index in [0.717, 1.165) is 5.03 Å². The van der Waals surface area contributed by atoms with Gasteiger partial charge in [0.25, 0.3) is 0 Å². The van der Waals surface area contributed by atoms with E-state index in [2.05, 4.69) is 33.5 Å². The molecule has 1 aliphatic rings. The van der Waals surface area contributed by atoms with Crippen molar-refractivity contribution in [2.75, 3.05) is 12.4 Å². The smallest absolute Gasteiger partial charge is 0.223 e. The molecule has 0 saturated carbocycles. The maximum Gasteiger partial charge on any atom is 0.223 e. The lowest BCUT2D eigenvalue weighted by Crippen LogP contribution is -1.95. The van der Waals surface area contributed by atoms with Crippen LogP contribution < -0.4 is 5.32 Å². The molecule has 1 aromatic carbocycles. The van der Waals surface area contributed by atoms with Crippen LogP contribution in [-0.4, -0.2) is 17.0 Å². The van der Waals surface area contributed by atoms with Crippen LogP contribution in [0.1, 0.15) is 17.5 Å². The molecule has 4 heteroatoms. The average molecular weight is 257 g/mol. The quantitative estimate of drug-likeness (QED) is 0.857. The van der Waals surface area contributed by atoms with Gasteiger partial charge in [-0.2, -0.15) is 0 Å². The molecule has 0 bridgehead atoms. The molecular formula is C14H15N3S. The van der Waals surface area contributed by atoms with Gasteiger partial charge in [0.1, 0.15) is 5.03 Å². The van der Waals surface area contributed by atoms with Gasteiger partial charge in [-0.25, -0.2) is 9.97 Å². The molecule has 0 aliphatic heterocycles. The van der Waals surface area contributed by atoms with Crippen molar-refractivity contribution in [3.63, 3.8) is 0 Å². The van der Waals surface area contributed by atoms with Crippen molar-refractivity contribution in [1.82, 2.24) is 9.97 Å². The average Bonchev–Trinajstić information content (AvgIpc) is 2.86.